The fourth-order valence-corrected chi connectivity index (χ4v) is 6.04. The highest BCUT2D eigenvalue weighted by Crippen LogP contribution is 2.36. The zero-order valence-corrected chi connectivity index (χ0v) is 22.9. The number of pyridine rings is 1. The summed E-state index contributed by atoms with van der Waals surface area (Å²) >= 11 is 6.74. The Balaban J connectivity index is 1.74. The molecule has 1 amide bonds. The molecule has 1 aromatic heterocycles. The highest BCUT2D eigenvalue weighted by Gasteiger charge is 2.33. The van der Waals surface area contributed by atoms with Gasteiger partial charge in [0, 0.05) is 50.5 Å². The maximum absolute atomic E-state index is 13.4. The normalized spacial score (nSPS) is 17.2. The van der Waals surface area contributed by atoms with Gasteiger partial charge >= 0.3 is 0 Å². The van der Waals surface area contributed by atoms with Gasteiger partial charge < -0.3 is 9.80 Å². The fraction of sp³-hybridized carbons (Fsp3) is 0.407. The lowest BCUT2D eigenvalue weighted by Gasteiger charge is -2.39. The van der Waals surface area contributed by atoms with Crippen LogP contribution in [0, 0.1) is 24.1 Å². The van der Waals surface area contributed by atoms with Crippen molar-refractivity contribution in [2.75, 3.05) is 42.5 Å². The molecule has 0 bridgehead atoms. The smallest absolute Gasteiger partial charge is 0.270 e. The average Bonchev–Trinajstić information content (AvgIpc) is 3.16. The molecule has 2 fully saturated rings. The van der Waals surface area contributed by atoms with Gasteiger partial charge in [-0.1, -0.05) is 37.3 Å². The number of benzene rings is 1. The predicted octanol–water partition coefficient (Wildman–Crippen LogP) is 4.52. The maximum Gasteiger partial charge on any atom is 0.270 e. The quantitative estimate of drug-likeness (QED) is 0.379. The van der Waals surface area contributed by atoms with E-state index in [1.54, 1.807) is 34.6 Å². The second-order valence-corrected chi connectivity index (χ2v) is 10.7. The first-order chi connectivity index (χ1) is 17.8. The summed E-state index contributed by atoms with van der Waals surface area (Å²) in [5.41, 5.74) is 1.96. The summed E-state index contributed by atoms with van der Waals surface area (Å²) in [6, 6.07) is 8.52. The molecular weight excluding hydrogens is 509 g/mol. The van der Waals surface area contributed by atoms with Crippen LogP contribution in [0.2, 0.25) is 0 Å². The van der Waals surface area contributed by atoms with Crippen molar-refractivity contribution in [1.82, 2.24) is 9.47 Å². The van der Waals surface area contributed by atoms with Crippen molar-refractivity contribution in [1.29, 1.82) is 5.26 Å². The zero-order chi connectivity index (χ0) is 26.7. The van der Waals surface area contributed by atoms with Crippen LogP contribution in [0.5, 0.6) is 0 Å². The van der Waals surface area contributed by atoms with Gasteiger partial charge in [0.05, 0.1) is 4.91 Å². The van der Waals surface area contributed by atoms with E-state index in [1.165, 1.54) is 23.9 Å². The number of piperazine rings is 1. The van der Waals surface area contributed by atoms with Crippen molar-refractivity contribution >= 4 is 51.8 Å². The molecule has 3 heterocycles. The van der Waals surface area contributed by atoms with Gasteiger partial charge in [0.2, 0.25) is 0 Å². The van der Waals surface area contributed by atoms with Gasteiger partial charge in [0.25, 0.3) is 11.5 Å². The number of thiocarbonyl (C=S) groups is 1. The van der Waals surface area contributed by atoms with E-state index < -0.39 is 0 Å². The molecule has 1 aromatic carbocycles. The number of nitrogens with zero attached hydrogens (tertiary/aromatic N) is 5. The van der Waals surface area contributed by atoms with E-state index in [0.29, 0.717) is 65.4 Å². The molecule has 37 heavy (non-hydrogen) atoms. The SMILES string of the molecule is CCCCN1C(=O)C(=Cc2c(C)c(C#N)c(=O)n(CC)c2N2CCN(c3ccc(F)cc3)CC2)SC1=S. The van der Waals surface area contributed by atoms with Crippen molar-refractivity contribution in [3.8, 4) is 6.07 Å². The van der Waals surface area contributed by atoms with Crippen LogP contribution in [0.1, 0.15) is 43.4 Å². The predicted molar refractivity (Wildman–Crippen MR) is 151 cm³/mol. The molecule has 0 atom stereocenters. The lowest BCUT2D eigenvalue weighted by atomic mass is 10.0. The van der Waals surface area contributed by atoms with Gasteiger partial charge in [-0.3, -0.25) is 19.1 Å². The van der Waals surface area contributed by atoms with E-state index in [0.717, 1.165) is 18.5 Å². The molecule has 0 spiro atoms. The molecule has 2 saturated heterocycles. The third kappa shape index (κ3) is 5.29. The maximum atomic E-state index is 13.4. The van der Waals surface area contributed by atoms with Crippen LogP contribution in [0.4, 0.5) is 15.9 Å². The Morgan fingerprint density at radius 1 is 1.11 bits per heavy atom. The number of hydrogen-bond acceptors (Lipinski definition) is 7. The molecule has 194 valence electrons. The summed E-state index contributed by atoms with van der Waals surface area (Å²) in [6.07, 6.45) is 3.62. The topological polar surface area (TPSA) is 72.6 Å². The second-order valence-electron chi connectivity index (χ2n) is 9.04. The Hall–Kier alpha value is -3.16. The first-order valence-electron chi connectivity index (χ1n) is 12.5. The molecule has 0 aliphatic carbocycles. The Morgan fingerprint density at radius 2 is 1.76 bits per heavy atom. The molecule has 0 saturated carbocycles. The summed E-state index contributed by atoms with van der Waals surface area (Å²) in [5, 5.41) is 9.79. The van der Waals surface area contributed by atoms with E-state index in [2.05, 4.69) is 22.8 Å². The standard InChI is InChI=1S/C27H30FN5O2S2/c1-4-6-11-33-26(35)23(37-27(33)36)16-21-18(3)22(17-29)25(34)32(5-2)24(21)31-14-12-30(13-15-31)20-9-7-19(28)8-10-20/h7-10,16H,4-6,11-15H2,1-3H3. The number of unbranched alkanes of at least 4 members (excludes halogenated alkanes) is 1. The first-order valence-corrected chi connectivity index (χ1v) is 13.7. The van der Waals surface area contributed by atoms with E-state index in [-0.39, 0.29) is 22.8 Å². The number of aromatic nitrogens is 1. The largest absolute Gasteiger partial charge is 0.368 e. The van der Waals surface area contributed by atoms with Gasteiger partial charge in [-0.05, 0) is 56.2 Å². The van der Waals surface area contributed by atoms with Crippen molar-refractivity contribution in [2.24, 2.45) is 0 Å². The number of halogens is 1. The minimum atomic E-state index is -0.328. The van der Waals surface area contributed by atoms with Crippen molar-refractivity contribution in [2.45, 2.75) is 40.2 Å². The summed E-state index contributed by atoms with van der Waals surface area (Å²) in [4.78, 5) is 32.9. The average molecular weight is 540 g/mol. The molecule has 2 aromatic rings. The molecule has 10 heteroatoms. The Bertz CT molecular complexity index is 1340. The fourth-order valence-electron chi connectivity index (χ4n) is 4.75. The number of amides is 1. The highest BCUT2D eigenvalue weighted by atomic mass is 32.2. The van der Waals surface area contributed by atoms with E-state index >= 15 is 0 Å². The summed E-state index contributed by atoms with van der Waals surface area (Å²) < 4.78 is 15.5. The Morgan fingerprint density at radius 3 is 2.35 bits per heavy atom. The summed E-state index contributed by atoms with van der Waals surface area (Å²) in [5.74, 6) is 0.302. The van der Waals surface area contributed by atoms with Crippen LogP contribution in [-0.4, -0.2) is 52.4 Å². The number of hydrogen-bond donors (Lipinski definition) is 0. The monoisotopic (exact) mass is 539 g/mol. The van der Waals surface area contributed by atoms with Crippen LogP contribution in [0.3, 0.4) is 0 Å². The highest BCUT2D eigenvalue weighted by molar-refractivity contribution is 8.26. The van der Waals surface area contributed by atoms with E-state index in [1.807, 2.05) is 6.92 Å². The van der Waals surface area contributed by atoms with Crippen molar-refractivity contribution in [3.05, 3.63) is 62.0 Å². The Kier molecular flexibility index (Phi) is 8.35. The van der Waals surface area contributed by atoms with Gasteiger partial charge in [-0.15, -0.1) is 0 Å². The second kappa shape index (κ2) is 11.5. The minimum absolute atomic E-state index is 0.0864. The molecule has 2 aliphatic heterocycles. The van der Waals surface area contributed by atoms with Crippen molar-refractivity contribution < 1.29 is 9.18 Å². The van der Waals surface area contributed by atoms with Gasteiger partial charge in [0.1, 0.15) is 27.6 Å². The van der Waals surface area contributed by atoms with E-state index in [4.69, 9.17) is 12.2 Å². The summed E-state index contributed by atoms with van der Waals surface area (Å²) in [6.45, 7) is 9.29. The lowest BCUT2D eigenvalue weighted by Crippen LogP contribution is -2.48. The van der Waals surface area contributed by atoms with Crippen LogP contribution in [0.15, 0.2) is 34.0 Å². The van der Waals surface area contributed by atoms with Crippen LogP contribution in [0.25, 0.3) is 6.08 Å². The number of thioether (sulfide) groups is 1. The molecule has 0 unspecified atom stereocenters. The first kappa shape index (κ1) is 26.9. The number of nitriles is 1. The third-order valence-corrected chi connectivity index (χ3v) is 8.20. The van der Waals surface area contributed by atoms with Crippen LogP contribution >= 0.6 is 24.0 Å². The molecule has 0 N–H and O–H groups in total. The molecular formula is C27H30FN5O2S2. The zero-order valence-electron chi connectivity index (χ0n) is 21.3. The van der Waals surface area contributed by atoms with E-state index in [9.17, 15) is 19.2 Å². The molecule has 7 nitrogen and oxygen atoms in total. The van der Waals surface area contributed by atoms with Gasteiger partial charge in [-0.2, -0.15) is 5.26 Å². The molecule has 4 rings (SSSR count). The number of rotatable bonds is 7. The third-order valence-electron chi connectivity index (χ3n) is 6.82. The number of carbonyl (C=O) groups excluding carboxylic acids is 1. The molecule has 2 aliphatic rings. The summed E-state index contributed by atoms with van der Waals surface area (Å²) in [7, 11) is 0. The lowest BCUT2D eigenvalue weighted by molar-refractivity contribution is -0.122. The van der Waals surface area contributed by atoms with Gasteiger partial charge in [-0.25, -0.2) is 4.39 Å². The molecule has 0 radical (unpaired) electrons. The van der Waals surface area contributed by atoms with Crippen molar-refractivity contribution in [3.63, 3.8) is 0 Å². The minimum Gasteiger partial charge on any atom is -0.368 e. The van der Waals surface area contributed by atoms with Crippen LogP contribution in [-0.2, 0) is 11.3 Å². The number of anilines is 2. The van der Waals surface area contributed by atoms with Crippen LogP contribution < -0.4 is 15.4 Å². The van der Waals surface area contributed by atoms with Gasteiger partial charge in [0.15, 0.2) is 0 Å². The number of carbonyl (C=O) groups is 1. The Labute approximate surface area is 226 Å².